The number of hydrogen-bond donors (Lipinski definition) is 2. The fraction of sp³-hybridized carbons (Fsp3) is 0.143. The fourth-order valence-corrected chi connectivity index (χ4v) is 1.17. The number of pyridine rings is 1. The average molecular weight is 204 g/mol. The van der Waals surface area contributed by atoms with E-state index in [0.29, 0.717) is 5.17 Å². The molecule has 3 nitrogen and oxygen atoms in total. The van der Waals surface area contributed by atoms with Gasteiger partial charge in [0.1, 0.15) is 0 Å². The van der Waals surface area contributed by atoms with E-state index in [1.54, 1.807) is 12.4 Å². The molecular formula is C7H10ClN3S. The maximum atomic E-state index is 5.28. The van der Waals surface area contributed by atoms with Crippen molar-refractivity contribution in [3.05, 3.63) is 30.1 Å². The fourth-order valence-electron chi connectivity index (χ4n) is 0.646. The zero-order chi connectivity index (χ0) is 8.10. The van der Waals surface area contributed by atoms with Gasteiger partial charge in [-0.2, -0.15) is 0 Å². The molecule has 0 radical (unpaired) electrons. The van der Waals surface area contributed by atoms with Crippen LogP contribution < -0.4 is 23.5 Å². The van der Waals surface area contributed by atoms with Gasteiger partial charge in [-0.3, -0.25) is 16.1 Å². The van der Waals surface area contributed by atoms with Crippen LogP contribution in [0.25, 0.3) is 0 Å². The lowest BCUT2D eigenvalue weighted by Gasteiger charge is -1.94. The summed E-state index contributed by atoms with van der Waals surface area (Å²) >= 11 is 1.43. The number of thioether (sulfide) groups is 1. The molecule has 1 aromatic rings. The summed E-state index contributed by atoms with van der Waals surface area (Å²) in [5.41, 5.74) is 6.46. The summed E-state index contributed by atoms with van der Waals surface area (Å²) in [6, 6.07) is 3.88. The molecule has 0 atom stereocenters. The quantitative estimate of drug-likeness (QED) is 0.386. The summed E-state index contributed by atoms with van der Waals surface area (Å²) in [6.07, 6.45) is 3.51. The highest BCUT2D eigenvalue weighted by molar-refractivity contribution is 8.12. The smallest absolute Gasteiger partial charge is 0.300 e. The normalized spacial score (nSPS) is 8.67. The van der Waals surface area contributed by atoms with Crippen LogP contribution in [0.3, 0.4) is 0 Å². The van der Waals surface area contributed by atoms with Gasteiger partial charge in [0.2, 0.25) is 0 Å². The van der Waals surface area contributed by atoms with E-state index >= 15 is 0 Å². The summed E-state index contributed by atoms with van der Waals surface area (Å²) in [7, 11) is 0. The molecule has 1 aromatic heterocycles. The molecule has 0 bridgehead atoms. The van der Waals surface area contributed by atoms with E-state index in [9.17, 15) is 0 Å². The van der Waals surface area contributed by atoms with Gasteiger partial charge < -0.3 is 12.4 Å². The molecule has 0 unspecified atom stereocenters. The predicted octanol–water partition coefficient (Wildman–Crippen LogP) is -3.61. The topological polar surface area (TPSA) is 64.5 Å². The van der Waals surface area contributed by atoms with Crippen LogP contribution in [0, 0.1) is 0 Å². The molecule has 5 heteroatoms. The van der Waals surface area contributed by atoms with Crippen LogP contribution in [-0.2, 0) is 5.75 Å². The van der Waals surface area contributed by atoms with E-state index < -0.39 is 0 Å². The Bertz CT molecular complexity index is 240. The molecule has 1 rings (SSSR count). The van der Waals surface area contributed by atoms with Crippen molar-refractivity contribution in [2.75, 3.05) is 0 Å². The second-order valence-corrected chi connectivity index (χ2v) is 3.10. The number of rotatable bonds is 2. The molecule has 0 aliphatic rings. The number of halogens is 1. The Hall–Kier alpha value is -0.740. The molecule has 66 valence electrons. The van der Waals surface area contributed by atoms with Crippen LogP contribution in [0.4, 0.5) is 0 Å². The van der Waals surface area contributed by atoms with E-state index in [1.165, 1.54) is 17.3 Å². The van der Waals surface area contributed by atoms with Crippen LogP contribution in [-0.4, -0.2) is 10.2 Å². The molecule has 0 aliphatic heterocycles. The van der Waals surface area contributed by atoms with Crippen molar-refractivity contribution in [1.82, 2.24) is 4.98 Å². The summed E-state index contributed by atoms with van der Waals surface area (Å²) in [5, 5.41) is 5.69. The first-order chi connectivity index (χ1) is 5.29. The lowest BCUT2D eigenvalue weighted by atomic mass is 10.3. The Morgan fingerprint density at radius 3 is 2.58 bits per heavy atom. The van der Waals surface area contributed by atoms with Gasteiger partial charge in [0.15, 0.2) is 0 Å². The highest BCUT2D eigenvalue weighted by atomic mass is 35.5. The van der Waals surface area contributed by atoms with Crippen LogP contribution >= 0.6 is 11.8 Å². The molecule has 4 N–H and O–H groups in total. The van der Waals surface area contributed by atoms with E-state index in [2.05, 4.69) is 4.98 Å². The Labute approximate surface area is 81.7 Å². The van der Waals surface area contributed by atoms with E-state index in [4.69, 9.17) is 11.1 Å². The Morgan fingerprint density at radius 2 is 2.08 bits per heavy atom. The second kappa shape index (κ2) is 5.85. The zero-order valence-electron chi connectivity index (χ0n) is 6.40. The van der Waals surface area contributed by atoms with Gasteiger partial charge in [0.25, 0.3) is 5.17 Å². The first-order valence-corrected chi connectivity index (χ1v) is 4.17. The Kier molecular flexibility index (Phi) is 5.49. The minimum absolute atomic E-state index is 0. The van der Waals surface area contributed by atoms with Gasteiger partial charge in [-0.1, -0.05) is 0 Å². The third-order valence-electron chi connectivity index (χ3n) is 1.15. The number of nitrogens with zero attached hydrogens (tertiary/aromatic N) is 1. The highest BCUT2D eigenvalue weighted by Crippen LogP contribution is 2.08. The predicted molar refractivity (Wildman–Crippen MR) is 46.7 cm³/mol. The summed E-state index contributed by atoms with van der Waals surface area (Å²) in [6.45, 7) is 0. The molecule has 0 saturated carbocycles. The largest absolute Gasteiger partial charge is 1.00 e. The third kappa shape index (κ3) is 4.20. The van der Waals surface area contributed by atoms with Crippen molar-refractivity contribution in [1.29, 1.82) is 0 Å². The Balaban J connectivity index is 0.00000121. The molecule has 12 heavy (non-hydrogen) atoms. The minimum atomic E-state index is 0. The van der Waals surface area contributed by atoms with E-state index in [0.717, 1.165) is 5.75 Å². The number of hydrogen-bond acceptors (Lipinski definition) is 2. The maximum absolute atomic E-state index is 5.28. The molecule has 0 saturated heterocycles. The van der Waals surface area contributed by atoms with Crippen LogP contribution in [0.5, 0.6) is 0 Å². The van der Waals surface area contributed by atoms with Gasteiger partial charge in [-0.15, -0.1) is 0 Å². The lowest BCUT2D eigenvalue weighted by molar-refractivity contribution is -0.110. The average Bonchev–Trinajstić information content (AvgIpc) is 2.03. The summed E-state index contributed by atoms with van der Waals surface area (Å²) in [5.74, 6) is 0.810. The van der Waals surface area contributed by atoms with E-state index in [1.807, 2.05) is 12.1 Å². The molecule has 0 spiro atoms. The first kappa shape index (κ1) is 11.3. The maximum Gasteiger partial charge on any atom is 0.300 e. The number of nitrogens with two attached hydrogens (primary N) is 2. The van der Waals surface area contributed by atoms with E-state index in [-0.39, 0.29) is 12.4 Å². The SMILES string of the molecule is NC(=[NH2+])SCc1ccncc1.[Cl-]. The van der Waals surface area contributed by atoms with Gasteiger partial charge >= 0.3 is 0 Å². The van der Waals surface area contributed by atoms with Gasteiger partial charge in [-0.25, -0.2) is 0 Å². The van der Waals surface area contributed by atoms with Crippen molar-refractivity contribution < 1.29 is 17.8 Å². The Morgan fingerprint density at radius 1 is 1.50 bits per heavy atom. The molecule has 0 fully saturated rings. The summed E-state index contributed by atoms with van der Waals surface area (Å²) in [4.78, 5) is 3.89. The van der Waals surface area contributed by atoms with Crippen LogP contribution in [0.1, 0.15) is 5.56 Å². The molecule has 0 aliphatic carbocycles. The summed E-state index contributed by atoms with van der Waals surface area (Å²) < 4.78 is 0. The van der Waals surface area contributed by atoms with Crippen molar-refractivity contribution in [2.45, 2.75) is 5.75 Å². The van der Waals surface area contributed by atoms with Crippen molar-refractivity contribution in [2.24, 2.45) is 5.73 Å². The molecular weight excluding hydrogens is 194 g/mol. The first-order valence-electron chi connectivity index (χ1n) is 3.18. The second-order valence-electron chi connectivity index (χ2n) is 2.05. The van der Waals surface area contributed by atoms with Gasteiger partial charge in [0.05, 0.1) is 0 Å². The van der Waals surface area contributed by atoms with Crippen molar-refractivity contribution in [3.8, 4) is 0 Å². The molecule has 1 heterocycles. The molecule has 0 aromatic carbocycles. The van der Waals surface area contributed by atoms with Gasteiger partial charge in [0, 0.05) is 18.1 Å². The van der Waals surface area contributed by atoms with Crippen LogP contribution in [0.15, 0.2) is 24.5 Å². The van der Waals surface area contributed by atoms with Crippen molar-refractivity contribution >= 4 is 16.9 Å². The minimum Gasteiger partial charge on any atom is -1.00 e. The zero-order valence-corrected chi connectivity index (χ0v) is 7.98. The highest BCUT2D eigenvalue weighted by Gasteiger charge is 1.96. The third-order valence-corrected chi connectivity index (χ3v) is 1.97. The molecule has 0 amide bonds. The lowest BCUT2D eigenvalue weighted by Crippen LogP contribution is -3.00. The standard InChI is InChI=1S/C7H9N3S.ClH/c8-7(9)11-5-6-1-3-10-4-2-6;/h1-4H,5H2,(H3,8,9);1H. The monoisotopic (exact) mass is 203 g/mol. The number of amidine groups is 1. The number of aromatic nitrogens is 1. The van der Waals surface area contributed by atoms with Gasteiger partial charge in [-0.05, 0) is 29.5 Å². The van der Waals surface area contributed by atoms with Crippen LogP contribution in [0.2, 0.25) is 0 Å². The van der Waals surface area contributed by atoms with Crippen molar-refractivity contribution in [3.63, 3.8) is 0 Å².